The van der Waals surface area contributed by atoms with Gasteiger partial charge >= 0.3 is 0 Å². The van der Waals surface area contributed by atoms with Crippen molar-refractivity contribution in [1.82, 2.24) is 20.4 Å². The quantitative estimate of drug-likeness (QED) is 0.104. The second-order valence-corrected chi connectivity index (χ2v) is 11.8. The van der Waals surface area contributed by atoms with E-state index in [4.69, 9.17) is 11.5 Å². The molecular formula is C39H30N6O2. The first-order valence-corrected chi connectivity index (χ1v) is 15.2. The SMILES string of the molecule is Nc1ccc(-c2cc(-c3cc(Cc4ccc(O)c(-c5cc(-c6ccc(N)cc6)cc6[nH]ncc56)c4)ccc3O)c3cn[nH]c3c2)cc1. The van der Waals surface area contributed by atoms with Gasteiger partial charge in [-0.25, -0.2) is 0 Å². The number of nitrogens with one attached hydrogen (secondary N) is 2. The van der Waals surface area contributed by atoms with Gasteiger partial charge in [0.25, 0.3) is 0 Å². The van der Waals surface area contributed by atoms with Crippen LogP contribution in [0.4, 0.5) is 11.4 Å². The zero-order chi connectivity index (χ0) is 32.1. The molecule has 0 saturated heterocycles. The minimum atomic E-state index is 0.180. The molecule has 0 aliphatic carbocycles. The van der Waals surface area contributed by atoms with Crippen LogP contribution >= 0.6 is 0 Å². The summed E-state index contributed by atoms with van der Waals surface area (Å²) < 4.78 is 0. The van der Waals surface area contributed by atoms with Gasteiger partial charge in [0.05, 0.1) is 23.4 Å². The zero-order valence-corrected chi connectivity index (χ0v) is 25.2. The number of nitrogen functional groups attached to an aromatic ring is 2. The van der Waals surface area contributed by atoms with E-state index in [-0.39, 0.29) is 11.5 Å². The van der Waals surface area contributed by atoms with E-state index in [0.29, 0.717) is 28.9 Å². The van der Waals surface area contributed by atoms with Gasteiger partial charge in [0, 0.05) is 33.3 Å². The van der Waals surface area contributed by atoms with Gasteiger partial charge in [-0.15, -0.1) is 0 Å². The van der Waals surface area contributed by atoms with Crippen molar-refractivity contribution in [2.24, 2.45) is 0 Å². The average Bonchev–Trinajstić information content (AvgIpc) is 3.76. The Morgan fingerprint density at radius 1 is 0.468 bits per heavy atom. The normalized spacial score (nSPS) is 11.4. The largest absolute Gasteiger partial charge is 0.507 e. The van der Waals surface area contributed by atoms with Crippen molar-refractivity contribution < 1.29 is 10.2 Å². The molecule has 0 aliphatic rings. The maximum Gasteiger partial charge on any atom is 0.123 e. The molecule has 8 nitrogen and oxygen atoms in total. The fourth-order valence-electron chi connectivity index (χ4n) is 6.29. The van der Waals surface area contributed by atoms with E-state index in [0.717, 1.165) is 66.3 Å². The van der Waals surface area contributed by atoms with E-state index in [9.17, 15) is 10.2 Å². The van der Waals surface area contributed by atoms with Gasteiger partial charge in [-0.2, -0.15) is 10.2 Å². The summed E-state index contributed by atoms with van der Waals surface area (Å²) in [6.45, 7) is 0. The predicted molar refractivity (Wildman–Crippen MR) is 189 cm³/mol. The summed E-state index contributed by atoms with van der Waals surface area (Å²) in [5, 5.41) is 38.8. The fourth-order valence-corrected chi connectivity index (χ4v) is 6.29. The number of fused-ring (bicyclic) bond motifs is 2. The monoisotopic (exact) mass is 614 g/mol. The molecule has 2 aromatic heterocycles. The molecule has 0 saturated carbocycles. The highest BCUT2D eigenvalue weighted by molar-refractivity contribution is 6.00. The lowest BCUT2D eigenvalue weighted by Gasteiger charge is -2.14. The molecule has 8 rings (SSSR count). The Balaban J connectivity index is 1.18. The van der Waals surface area contributed by atoms with Gasteiger partial charge in [0.15, 0.2) is 0 Å². The van der Waals surface area contributed by atoms with Crippen molar-refractivity contribution in [2.45, 2.75) is 6.42 Å². The molecule has 2 heterocycles. The molecule has 0 unspecified atom stereocenters. The topological polar surface area (TPSA) is 150 Å². The number of aromatic amines is 2. The number of aromatic hydroxyl groups is 2. The number of anilines is 2. The van der Waals surface area contributed by atoms with Crippen LogP contribution in [0, 0.1) is 0 Å². The van der Waals surface area contributed by atoms with Crippen molar-refractivity contribution in [3.8, 4) is 56.0 Å². The Kier molecular flexibility index (Phi) is 6.62. The lowest BCUT2D eigenvalue weighted by Crippen LogP contribution is -1.93. The fraction of sp³-hybridized carbons (Fsp3) is 0.0256. The zero-order valence-electron chi connectivity index (χ0n) is 25.2. The number of benzene rings is 6. The van der Waals surface area contributed by atoms with Crippen LogP contribution in [0.25, 0.3) is 66.3 Å². The molecule has 0 amide bonds. The summed E-state index contributed by atoms with van der Waals surface area (Å²) >= 11 is 0. The molecule has 0 spiro atoms. The highest BCUT2D eigenvalue weighted by Gasteiger charge is 2.16. The van der Waals surface area contributed by atoms with Gasteiger partial charge < -0.3 is 21.7 Å². The van der Waals surface area contributed by atoms with Crippen molar-refractivity contribution in [3.05, 3.63) is 133 Å². The van der Waals surface area contributed by atoms with Crippen LogP contribution in [0.5, 0.6) is 11.5 Å². The molecule has 0 fully saturated rings. The molecule has 0 radical (unpaired) electrons. The molecule has 0 bridgehead atoms. The molecule has 0 aliphatic heterocycles. The van der Waals surface area contributed by atoms with Crippen molar-refractivity contribution in [1.29, 1.82) is 0 Å². The van der Waals surface area contributed by atoms with Crippen LogP contribution in [0.1, 0.15) is 11.1 Å². The Labute approximate surface area is 270 Å². The molecule has 8 heteroatoms. The number of aromatic nitrogens is 4. The molecule has 0 atom stereocenters. The number of nitrogens with zero attached hydrogens (tertiary/aromatic N) is 2. The van der Waals surface area contributed by atoms with Crippen LogP contribution in [0.2, 0.25) is 0 Å². The Bertz CT molecular complexity index is 2250. The lowest BCUT2D eigenvalue weighted by molar-refractivity contribution is 0.477. The molecule has 6 aromatic carbocycles. The Morgan fingerprint density at radius 3 is 1.32 bits per heavy atom. The number of rotatable bonds is 6. The second-order valence-electron chi connectivity index (χ2n) is 11.8. The third kappa shape index (κ3) is 5.17. The van der Waals surface area contributed by atoms with Crippen molar-refractivity contribution in [3.63, 3.8) is 0 Å². The van der Waals surface area contributed by atoms with Gasteiger partial charge in [-0.05, 0) is 124 Å². The first-order chi connectivity index (χ1) is 22.9. The summed E-state index contributed by atoms with van der Waals surface area (Å²) in [5.74, 6) is 0.359. The van der Waals surface area contributed by atoms with E-state index >= 15 is 0 Å². The third-order valence-electron chi connectivity index (χ3n) is 8.72. The van der Waals surface area contributed by atoms with E-state index in [1.54, 1.807) is 24.5 Å². The third-order valence-corrected chi connectivity index (χ3v) is 8.72. The molecule has 8 N–H and O–H groups in total. The molecule has 47 heavy (non-hydrogen) atoms. The van der Waals surface area contributed by atoms with Crippen LogP contribution < -0.4 is 11.5 Å². The van der Waals surface area contributed by atoms with Crippen LogP contribution in [-0.4, -0.2) is 30.6 Å². The van der Waals surface area contributed by atoms with E-state index in [1.165, 1.54) is 0 Å². The summed E-state index contributed by atoms with van der Waals surface area (Å²) in [4.78, 5) is 0. The van der Waals surface area contributed by atoms with Crippen LogP contribution in [0.15, 0.2) is 122 Å². The average molecular weight is 615 g/mol. The number of phenolic OH excluding ortho intramolecular Hbond substituents is 2. The number of hydrogen-bond acceptors (Lipinski definition) is 6. The van der Waals surface area contributed by atoms with Crippen LogP contribution in [-0.2, 0) is 6.42 Å². The van der Waals surface area contributed by atoms with E-state index in [2.05, 4.69) is 44.7 Å². The predicted octanol–water partition coefficient (Wildman–Crippen LogP) is 8.27. The molecule has 228 valence electrons. The minimum absolute atomic E-state index is 0.180. The summed E-state index contributed by atoms with van der Waals surface area (Å²) in [7, 11) is 0. The summed E-state index contributed by atoms with van der Waals surface area (Å²) in [6.07, 6.45) is 4.15. The summed E-state index contributed by atoms with van der Waals surface area (Å²) in [5.41, 5.74) is 24.2. The lowest BCUT2D eigenvalue weighted by atomic mass is 9.91. The first kappa shape index (κ1) is 28.0. The van der Waals surface area contributed by atoms with E-state index < -0.39 is 0 Å². The van der Waals surface area contributed by atoms with Crippen molar-refractivity contribution in [2.75, 3.05) is 11.5 Å². The highest BCUT2D eigenvalue weighted by atomic mass is 16.3. The number of phenols is 2. The Hall–Kier alpha value is -6.54. The second kappa shape index (κ2) is 11.1. The van der Waals surface area contributed by atoms with Gasteiger partial charge in [-0.3, -0.25) is 10.2 Å². The highest BCUT2D eigenvalue weighted by Crippen LogP contribution is 2.40. The number of nitrogens with two attached hydrogens (primary N) is 2. The van der Waals surface area contributed by atoms with Crippen molar-refractivity contribution >= 4 is 33.2 Å². The van der Waals surface area contributed by atoms with E-state index in [1.807, 2.05) is 72.8 Å². The van der Waals surface area contributed by atoms with Gasteiger partial charge in [0.2, 0.25) is 0 Å². The molecular weight excluding hydrogens is 584 g/mol. The smallest absolute Gasteiger partial charge is 0.123 e. The van der Waals surface area contributed by atoms with Crippen LogP contribution in [0.3, 0.4) is 0 Å². The van der Waals surface area contributed by atoms with Gasteiger partial charge in [-0.1, -0.05) is 36.4 Å². The Morgan fingerprint density at radius 2 is 0.894 bits per heavy atom. The number of H-pyrrole nitrogens is 2. The standard InChI is InChI=1S/C39H30N6O2/c40-28-7-3-24(4-8-28)26-16-30(34-20-42-44-36(34)18-26)32-14-22(1-11-38(32)46)13-23-2-12-39(47)33(15-23)31-17-27(19-37-35(31)21-43-45-37)25-5-9-29(41)10-6-25/h1-12,14-21,46-47H,13,40-41H2,(H,42,44)(H,43,45). The summed E-state index contributed by atoms with van der Waals surface area (Å²) in [6, 6.07) is 35.1. The minimum Gasteiger partial charge on any atom is -0.507 e. The maximum atomic E-state index is 11.1. The maximum absolute atomic E-state index is 11.1. The first-order valence-electron chi connectivity index (χ1n) is 15.2. The van der Waals surface area contributed by atoms with Gasteiger partial charge in [0.1, 0.15) is 11.5 Å². The number of hydrogen-bond donors (Lipinski definition) is 6. The molecule has 8 aromatic rings.